The van der Waals surface area contributed by atoms with Crippen LogP contribution >= 0.6 is 0 Å². The van der Waals surface area contributed by atoms with Gasteiger partial charge in [-0.05, 0) is 43.2 Å². The first kappa shape index (κ1) is 15.5. The molecule has 1 aliphatic rings. The number of aromatic nitrogens is 2. The van der Waals surface area contributed by atoms with Gasteiger partial charge in [-0.2, -0.15) is 5.10 Å². The predicted octanol–water partition coefficient (Wildman–Crippen LogP) is 0.742. The van der Waals surface area contributed by atoms with E-state index in [-0.39, 0.29) is 24.8 Å². The fraction of sp³-hybridized carbons (Fsp3) is 0.375. The van der Waals surface area contributed by atoms with Crippen molar-refractivity contribution in [1.29, 1.82) is 0 Å². The first-order valence-electron chi connectivity index (χ1n) is 7.48. The third-order valence-corrected chi connectivity index (χ3v) is 4.11. The first-order valence-corrected chi connectivity index (χ1v) is 7.48. The average molecular weight is 317 g/mol. The van der Waals surface area contributed by atoms with Crippen molar-refractivity contribution in [2.75, 3.05) is 19.7 Å². The van der Waals surface area contributed by atoms with E-state index in [0.29, 0.717) is 30.8 Å². The maximum Gasteiger partial charge on any atom is 0.271 e. The Morgan fingerprint density at radius 2 is 2.09 bits per heavy atom. The Labute approximate surface area is 133 Å². The lowest BCUT2D eigenvalue weighted by molar-refractivity contribution is -0.0599. The summed E-state index contributed by atoms with van der Waals surface area (Å²) in [6.07, 6.45) is 1.12. The van der Waals surface area contributed by atoms with Gasteiger partial charge in [-0.25, -0.2) is 0 Å². The van der Waals surface area contributed by atoms with Gasteiger partial charge in [0.1, 0.15) is 17.0 Å². The number of hydrogen-bond acceptors (Lipinski definition) is 5. The molecule has 0 radical (unpaired) electrons. The van der Waals surface area contributed by atoms with Crippen LogP contribution in [0.4, 0.5) is 0 Å². The number of carbonyl (C=O) groups excluding carboxylic acids is 1. The predicted molar refractivity (Wildman–Crippen MR) is 82.9 cm³/mol. The summed E-state index contributed by atoms with van der Waals surface area (Å²) in [6, 6.07) is 8.17. The number of aromatic hydroxyl groups is 1. The van der Waals surface area contributed by atoms with Crippen LogP contribution in [0.5, 0.6) is 5.75 Å². The van der Waals surface area contributed by atoms with Crippen molar-refractivity contribution >= 4 is 5.91 Å². The highest BCUT2D eigenvalue weighted by molar-refractivity contribution is 5.93. The Morgan fingerprint density at radius 3 is 2.78 bits per heavy atom. The van der Waals surface area contributed by atoms with E-state index in [1.807, 2.05) is 0 Å². The quantitative estimate of drug-likeness (QED) is 0.667. The molecule has 23 heavy (non-hydrogen) atoms. The van der Waals surface area contributed by atoms with Crippen LogP contribution in [-0.4, -0.2) is 61.6 Å². The second-order valence-electron chi connectivity index (χ2n) is 5.93. The van der Waals surface area contributed by atoms with Crippen LogP contribution in [0.3, 0.4) is 0 Å². The molecule has 0 spiro atoms. The van der Waals surface area contributed by atoms with Gasteiger partial charge in [-0.3, -0.25) is 9.89 Å². The van der Waals surface area contributed by atoms with E-state index in [1.165, 1.54) is 4.90 Å². The molecule has 122 valence electrons. The van der Waals surface area contributed by atoms with Crippen LogP contribution < -0.4 is 0 Å². The summed E-state index contributed by atoms with van der Waals surface area (Å²) in [5, 5.41) is 35.6. The van der Waals surface area contributed by atoms with Gasteiger partial charge < -0.3 is 20.2 Å². The minimum absolute atomic E-state index is 0.107. The van der Waals surface area contributed by atoms with Crippen molar-refractivity contribution in [3.05, 3.63) is 36.0 Å². The van der Waals surface area contributed by atoms with Crippen molar-refractivity contribution in [1.82, 2.24) is 15.1 Å². The number of phenols is 1. The number of H-pyrrole nitrogens is 1. The number of piperidine rings is 1. The minimum Gasteiger partial charge on any atom is -0.508 e. The normalized spacial score (nSPS) is 21.4. The molecule has 1 unspecified atom stereocenters. The number of aliphatic hydroxyl groups is 2. The monoisotopic (exact) mass is 317 g/mol. The van der Waals surface area contributed by atoms with E-state index in [1.54, 1.807) is 30.3 Å². The molecule has 0 saturated carbocycles. The summed E-state index contributed by atoms with van der Waals surface area (Å²) in [4.78, 5) is 14.0. The fourth-order valence-electron chi connectivity index (χ4n) is 2.80. The molecule has 1 aromatic carbocycles. The van der Waals surface area contributed by atoms with Crippen molar-refractivity contribution in [3.63, 3.8) is 0 Å². The summed E-state index contributed by atoms with van der Waals surface area (Å²) >= 11 is 0. The number of aliphatic hydroxyl groups excluding tert-OH is 1. The molecule has 7 heteroatoms. The largest absolute Gasteiger partial charge is 0.508 e. The SMILES string of the molecule is O=C(c1cc(-c2ccc(O)cc2)n[nH]1)N1CCCC(O)(CO)C1. The third kappa shape index (κ3) is 3.20. The van der Waals surface area contributed by atoms with Gasteiger partial charge in [0, 0.05) is 12.1 Å². The molecular formula is C16H19N3O4. The highest BCUT2D eigenvalue weighted by atomic mass is 16.3. The lowest BCUT2D eigenvalue weighted by Gasteiger charge is -2.37. The number of rotatable bonds is 3. The number of hydrogen-bond donors (Lipinski definition) is 4. The van der Waals surface area contributed by atoms with Gasteiger partial charge >= 0.3 is 0 Å². The molecule has 1 aromatic heterocycles. The van der Waals surface area contributed by atoms with E-state index < -0.39 is 5.60 Å². The Bertz CT molecular complexity index is 698. The van der Waals surface area contributed by atoms with Crippen LogP contribution in [0, 0.1) is 0 Å². The Morgan fingerprint density at radius 1 is 1.35 bits per heavy atom. The summed E-state index contributed by atoms with van der Waals surface area (Å²) < 4.78 is 0. The molecule has 1 fully saturated rings. The molecule has 7 nitrogen and oxygen atoms in total. The molecule has 1 aliphatic heterocycles. The van der Waals surface area contributed by atoms with E-state index in [0.717, 1.165) is 5.56 Å². The van der Waals surface area contributed by atoms with Gasteiger partial charge in [0.15, 0.2) is 0 Å². The topological polar surface area (TPSA) is 110 Å². The first-order chi connectivity index (χ1) is 11.0. The number of aromatic amines is 1. The van der Waals surface area contributed by atoms with Crippen LogP contribution in [0.25, 0.3) is 11.3 Å². The standard InChI is InChI=1S/C16H19N3O4/c20-10-16(23)6-1-7-19(9-16)15(22)14-8-13(17-18-14)11-2-4-12(21)5-3-11/h2-5,8,20-21,23H,1,6-7,9-10H2,(H,17,18). The average Bonchev–Trinajstić information content (AvgIpc) is 3.05. The number of carbonyl (C=O) groups is 1. The zero-order valence-electron chi connectivity index (χ0n) is 12.6. The van der Waals surface area contributed by atoms with Crippen molar-refractivity contribution in [2.24, 2.45) is 0 Å². The molecular weight excluding hydrogens is 298 g/mol. The number of nitrogens with one attached hydrogen (secondary N) is 1. The smallest absolute Gasteiger partial charge is 0.271 e. The van der Waals surface area contributed by atoms with E-state index >= 15 is 0 Å². The summed E-state index contributed by atoms with van der Waals surface area (Å²) in [7, 11) is 0. The fourth-order valence-corrected chi connectivity index (χ4v) is 2.80. The molecule has 1 saturated heterocycles. The Kier molecular flexibility index (Phi) is 4.06. The minimum atomic E-state index is -1.23. The van der Waals surface area contributed by atoms with E-state index in [2.05, 4.69) is 10.2 Å². The number of amides is 1. The van der Waals surface area contributed by atoms with Crippen molar-refractivity contribution in [2.45, 2.75) is 18.4 Å². The molecule has 1 amide bonds. The highest BCUT2D eigenvalue weighted by Gasteiger charge is 2.35. The molecule has 2 heterocycles. The van der Waals surface area contributed by atoms with E-state index in [9.17, 15) is 20.1 Å². The van der Waals surface area contributed by atoms with Crippen molar-refractivity contribution < 1.29 is 20.1 Å². The summed E-state index contributed by atoms with van der Waals surface area (Å²) in [6.45, 7) is 0.281. The molecule has 0 bridgehead atoms. The lowest BCUT2D eigenvalue weighted by Crippen LogP contribution is -2.52. The Balaban J connectivity index is 1.77. The van der Waals surface area contributed by atoms with Gasteiger partial charge in [0.05, 0.1) is 18.8 Å². The summed E-state index contributed by atoms with van der Waals surface area (Å²) in [5.74, 6) is -0.0914. The molecule has 4 N–H and O–H groups in total. The van der Waals surface area contributed by atoms with Crippen LogP contribution in [0.15, 0.2) is 30.3 Å². The molecule has 0 aliphatic carbocycles. The number of likely N-dealkylation sites (tertiary alicyclic amines) is 1. The summed E-state index contributed by atoms with van der Waals surface area (Å²) in [5.41, 5.74) is 0.481. The third-order valence-electron chi connectivity index (χ3n) is 4.11. The number of nitrogens with zero attached hydrogens (tertiary/aromatic N) is 2. The number of benzene rings is 1. The number of β-amino-alcohol motifs (C(OH)–C–C–N with tert-alkyl or cyclic N) is 1. The number of phenolic OH excluding ortho intramolecular Hbond substituents is 1. The zero-order valence-corrected chi connectivity index (χ0v) is 12.6. The van der Waals surface area contributed by atoms with Gasteiger partial charge in [-0.15, -0.1) is 0 Å². The zero-order chi connectivity index (χ0) is 16.4. The van der Waals surface area contributed by atoms with E-state index in [4.69, 9.17) is 0 Å². The maximum atomic E-state index is 12.5. The maximum absolute atomic E-state index is 12.5. The highest BCUT2D eigenvalue weighted by Crippen LogP contribution is 2.24. The van der Waals surface area contributed by atoms with Gasteiger partial charge in [-0.1, -0.05) is 0 Å². The van der Waals surface area contributed by atoms with Crippen LogP contribution in [0.1, 0.15) is 23.3 Å². The molecule has 3 rings (SSSR count). The molecule has 1 atom stereocenters. The molecule has 2 aromatic rings. The lowest BCUT2D eigenvalue weighted by atomic mass is 9.93. The van der Waals surface area contributed by atoms with Gasteiger partial charge in [0.2, 0.25) is 0 Å². The van der Waals surface area contributed by atoms with Crippen LogP contribution in [0.2, 0.25) is 0 Å². The second-order valence-corrected chi connectivity index (χ2v) is 5.93. The second kappa shape index (κ2) is 6.02. The van der Waals surface area contributed by atoms with Gasteiger partial charge in [0.25, 0.3) is 5.91 Å². The Hall–Kier alpha value is -2.38. The van der Waals surface area contributed by atoms with Crippen LogP contribution in [-0.2, 0) is 0 Å². The van der Waals surface area contributed by atoms with Crippen molar-refractivity contribution in [3.8, 4) is 17.0 Å².